The fraction of sp³-hybridized carbons (Fsp3) is 0.0370. The standard InChI is InChI=1S/C27H19Cl2N3OS/c1-15-5-4-6-18(13-15)31-26(33)25-24(30)23-20(16-9-11-17(28)12-10-16)14-22(32-27(23)34-25)19-7-2-3-8-21(19)29/h2-14H,30H2,1H3,(H,31,33). The summed E-state index contributed by atoms with van der Waals surface area (Å²) in [6, 6.07) is 24.6. The highest BCUT2D eigenvalue weighted by atomic mass is 35.5. The lowest BCUT2D eigenvalue weighted by Gasteiger charge is -2.10. The van der Waals surface area contributed by atoms with Crippen molar-refractivity contribution in [3.8, 4) is 22.4 Å². The van der Waals surface area contributed by atoms with Crippen LogP contribution in [0.15, 0.2) is 78.9 Å². The summed E-state index contributed by atoms with van der Waals surface area (Å²) in [5.41, 5.74) is 12.0. The van der Waals surface area contributed by atoms with Crippen LogP contribution in [-0.4, -0.2) is 10.9 Å². The number of halogens is 2. The van der Waals surface area contributed by atoms with Crippen LogP contribution in [0.5, 0.6) is 0 Å². The molecule has 3 aromatic carbocycles. The molecule has 0 aliphatic heterocycles. The number of carbonyl (C=O) groups is 1. The Hall–Kier alpha value is -3.38. The van der Waals surface area contributed by atoms with Gasteiger partial charge in [0.2, 0.25) is 0 Å². The molecule has 0 aliphatic rings. The van der Waals surface area contributed by atoms with Crippen molar-refractivity contribution < 1.29 is 4.79 Å². The number of aryl methyl sites for hydroxylation is 1. The molecule has 7 heteroatoms. The van der Waals surface area contributed by atoms with Gasteiger partial charge in [0.05, 0.1) is 11.4 Å². The third kappa shape index (κ3) is 4.26. The van der Waals surface area contributed by atoms with Crippen molar-refractivity contribution >= 4 is 62.0 Å². The van der Waals surface area contributed by atoms with Gasteiger partial charge in [-0.3, -0.25) is 4.79 Å². The number of nitrogens with one attached hydrogen (secondary N) is 1. The topological polar surface area (TPSA) is 68.0 Å². The lowest BCUT2D eigenvalue weighted by atomic mass is 9.99. The summed E-state index contributed by atoms with van der Waals surface area (Å²) >= 11 is 13.9. The van der Waals surface area contributed by atoms with Crippen molar-refractivity contribution in [1.29, 1.82) is 0 Å². The van der Waals surface area contributed by atoms with Crippen LogP contribution in [0.1, 0.15) is 15.2 Å². The lowest BCUT2D eigenvalue weighted by Crippen LogP contribution is -2.12. The number of carbonyl (C=O) groups excluding carboxylic acids is 1. The van der Waals surface area contributed by atoms with Gasteiger partial charge >= 0.3 is 0 Å². The predicted molar refractivity (Wildman–Crippen MR) is 144 cm³/mol. The van der Waals surface area contributed by atoms with Gasteiger partial charge in [-0.15, -0.1) is 11.3 Å². The zero-order valence-electron chi connectivity index (χ0n) is 18.1. The normalized spacial score (nSPS) is 11.0. The van der Waals surface area contributed by atoms with E-state index in [4.69, 9.17) is 33.9 Å². The van der Waals surface area contributed by atoms with Gasteiger partial charge in [0.15, 0.2) is 0 Å². The van der Waals surface area contributed by atoms with Crippen LogP contribution in [0.3, 0.4) is 0 Å². The molecule has 0 spiro atoms. The van der Waals surface area contributed by atoms with Gasteiger partial charge in [-0.2, -0.15) is 0 Å². The molecule has 0 saturated carbocycles. The minimum atomic E-state index is -0.271. The number of amides is 1. The number of rotatable bonds is 4. The summed E-state index contributed by atoms with van der Waals surface area (Å²) < 4.78 is 0. The molecule has 4 nitrogen and oxygen atoms in total. The van der Waals surface area contributed by atoms with Crippen LogP contribution in [0.25, 0.3) is 32.6 Å². The molecule has 5 rings (SSSR count). The molecule has 0 saturated heterocycles. The molecule has 0 unspecified atom stereocenters. The number of hydrogen-bond acceptors (Lipinski definition) is 4. The second-order valence-electron chi connectivity index (χ2n) is 7.89. The molecular weight excluding hydrogens is 485 g/mol. The number of nitrogen functional groups attached to an aromatic ring is 1. The Morgan fingerprint density at radius 1 is 0.941 bits per heavy atom. The van der Waals surface area contributed by atoms with E-state index in [9.17, 15) is 4.79 Å². The molecule has 34 heavy (non-hydrogen) atoms. The molecule has 5 aromatic rings. The average molecular weight is 504 g/mol. The van der Waals surface area contributed by atoms with Gasteiger partial charge in [-0.05, 0) is 60.0 Å². The van der Waals surface area contributed by atoms with Crippen molar-refractivity contribution in [3.05, 3.63) is 99.3 Å². The number of hydrogen-bond donors (Lipinski definition) is 2. The first-order valence-electron chi connectivity index (χ1n) is 10.5. The summed E-state index contributed by atoms with van der Waals surface area (Å²) in [4.78, 5) is 19.1. The van der Waals surface area contributed by atoms with Gasteiger partial charge in [-0.1, -0.05) is 65.7 Å². The lowest BCUT2D eigenvalue weighted by molar-refractivity contribution is 0.103. The summed E-state index contributed by atoms with van der Waals surface area (Å²) in [6.45, 7) is 1.97. The first-order valence-corrected chi connectivity index (χ1v) is 12.1. The maximum absolute atomic E-state index is 13.2. The van der Waals surface area contributed by atoms with Crippen LogP contribution in [0.4, 0.5) is 11.4 Å². The van der Waals surface area contributed by atoms with E-state index in [2.05, 4.69) is 5.32 Å². The summed E-state index contributed by atoms with van der Waals surface area (Å²) in [7, 11) is 0. The Morgan fingerprint density at radius 2 is 1.71 bits per heavy atom. The Balaban J connectivity index is 1.69. The Kier molecular flexibility index (Phi) is 6.00. The zero-order chi connectivity index (χ0) is 23.8. The van der Waals surface area contributed by atoms with Crippen LogP contribution < -0.4 is 11.1 Å². The number of aromatic nitrogens is 1. The highest BCUT2D eigenvalue weighted by Gasteiger charge is 2.22. The van der Waals surface area contributed by atoms with E-state index in [1.807, 2.05) is 85.8 Å². The molecule has 0 atom stereocenters. The van der Waals surface area contributed by atoms with E-state index >= 15 is 0 Å². The average Bonchev–Trinajstić information content (AvgIpc) is 3.16. The fourth-order valence-corrected chi connectivity index (χ4v) is 5.24. The zero-order valence-corrected chi connectivity index (χ0v) is 20.4. The number of thiophene rings is 1. The molecule has 2 heterocycles. The van der Waals surface area contributed by atoms with Gasteiger partial charge in [-0.25, -0.2) is 4.98 Å². The number of anilines is 2. The van der Waals surface area contributed by atoms with E-state index in [-0.39, 0.29) is 5.91 Å². The van der Waals surface area contributed by atoms with Crippen molar-refractivity contribution in [2.75, 3.05) is 11.1 Å². The van der Waals surface area contributed by atoms with Gasteiger partial charge in [0.1, 0.15) is 9.71 Å². The van der Waals surface area contributed by atoms with Crippen molar-refractivity contribution in [2.24, 2.45) is 0 Å². The monoisotopic (exact) mass is 503 g/mol. The van der Waals surface area contributed by atoms with Crippen LogP contribution >= 0.6 is 34.5 Å². The molecule has 0 bridgehead atoms. The first kappa shape index (κ1) is 22.4. The number of nitrogens with zero attached hydrogens (tertiary/aromatic N) is 1. The number of nitrogens with two attached hydrogens (primary N) is 1. The van der Waals surface area contributed by atoms with Crippen molar-refractivity contribution in [3.63, 3.8) is 0 Å². The van der Waals surface area contributed by atoms with Crippen molar-refractivity contribution in [2.45, 2.75) is 6.92 Å². The smallest absolute Gasteiger partial charge is 0.267 e. The number of benzene rings is 3. The van der Waals surface area contributed by atoms with E-state index < -0.39 is 0 Å². The highest BCUT2D eigenvalue weighted by Crippen LogP contribution is 2.42. The van der Waals surface area contributed by atoms with E-state index in [1.165, 1.54) is 11.3 Å². The summed E-state index contributed by atoms with van der Waals surface area (Å²) in [6.07, 6.45) is 0. The van der Waals surface area contributed by atoms with Crippen molar-refractivity contribution in [1.82, 2.24) is 4.98 Å². The minimum Gasteiger partial charge on any atom is -0.397 e. The van der Waals surface area contributed by atoms with E-state index in [0.29, 0.717) is 36.8 Å². The van der Waals surface area contributed by atoms with Gasteiger partial charge in [0.25, 0.3) is 5.91 Å². The Bertz CT molecular complexity index is 1540. The predicted octanol–water partition coefficient (Wildman–Crippen LogP) is 8.08. The third-order valence-electron chi connectivity index (χ3n) is 5.49. The highest BCUT2D eigenvalue weighted by molar-refractivity contribution is 7.21. The molecular formula is C27H19Cl2N3OS. The maximum atomic E-state index is 13.2. The minimum absolute atomic E-state index is 0.271. The quantitative estimate of drug-likeness (QED) is 0.260. The molecule has 3 N–H and O–H groups in total. The van der Waals surface area contributed by atoms with Crippen LogP contribution in [0.2, 0.25) is 10.0 Å². The number of fused-ring (bicyclic) bond motifs is 1. The summed E-state index contributed by atoms with van der Waals surface area (Å²) in [5.74, 6) is -0.271. The second kappa shape index (κ2) is 9.11. The molecule has 1 amide bonds. The molecule has 0 fully saturated rings. The van der Waals surface area contributed by atoms with Crippen LogP contribution in [0, 0.1) is 6.92 Å². The molecule has 0 radical (unpaired) electrons. The molecule has 168 valence electrons. The molecule has 0 aliphatic carbocycles. The van der Waals surface area contributed by atoms with E-state index in [1.54, 1.807) is 0 Å². The SMILES string of the molecule is Cc1cccc(NC(=O)c2sc3nc(-c4ccccc4Cl)cc(-c4ccc(Cl)cc4)c3c2N)c1. The largest absolute Gasteiger partial charge is 0.397 e. The summed E-state index contributed by atoms with van der Waals surface area (Å²) in [5, 5.41) is 4.91. The Morgan fingerprint density at radius 3 is 2.44 bits per heavy atom. The number of pyridine rings is 1. The Labute approximate surface area is 211 Å². The molecule has 2 aromatic heterocycles. The third-order valence-corrected chi connectivity index (χ3v) is 7.17. The van der Waals surface area contributed by atoms with E-state index in [0.717, 1.165) is 27.6 Å². The first-order chi connectivity index (χ1) is 16.4. The second-order valence-corrected chi connectivity index (χ2v) is 9.73. The van der Waals surface area contributed by atoms with Crippen LogP contribution in [-0.2, 0) is 0 Å². The van der Waals surface area contributed by atoms with Gasteiger partial charge in [0, 0.05) is 26.7 Å². The maximum Gasteiger partial charge on any atom is 0.267 e. The van der Waals surface area contributed by atoms with Gasteiger partial charge < -0.3 is 11.1 Å². The fourth-order valence-electron chi connectivity index (χ4n) is 3.86.